The molecule has 1 aromatic heterocycles. The third kappa shape index (κ3) is 3.78. The molecule has 0 bridgehead atoms. The zero-order valence-corrected chi connectivity index (χ0v) is 15.8. The number of nitrogens with zero attached hydrogens (tertiary/aromatic N) is 3. The number of hydrogen-bond acceptors (Lipinski definition) is 4. The van der Waals surface area contributed by atoms with Gasteiger partial charge in [0, 0.05) is 17.5 Å². The second-order valence-electron chi connectivity index (χ2n) is 6.44. The molecular formula is C21H20FN3O3. The number of allylic oxidation sites excluding steroid dienone is 2. The molecule has 1 heterocycles. The van der Waals surface area contributed by atoms with Crippen LogP contribution in [0.1, 0.15) is 24.2 Å². The molecule has 0 aliphatic heterocycles. The van der Waals surface area contributed by atoms with Crippen LogP contribution < -0.4 is 4.74 Å². The van der Waals surface area contributed by atoms with Gasteiger partial charge in [0.25, 0.3) is 5.91 Å². The van der Waals surface area contributed by atoms with Crippen molar-refractivity contribution in [2.75, 3.05) is 7.11 Å². The zero-order chi connectivity index (χ0) is 20.3. The van der Waals surface area contributed by atoms with Crippen molar-refractivity contribution in [3.05, 3.63) is 65.5 Å². The van der Waals surface area contributed by atoms with E-state index in [1.54, 1.807) is 10.6 Å². The van der Waals surface area contributed by atoms with Gasteiger partial charge in [-0.05, 0) is 38.1 Å². The minimum Gasteiger partial charge on any atom is -0.494 e. The molecule has 0 aliphatic carbocycles. The second kappa shape index (κ2) is 8.04. The van der Waals surface area contributed by atoms with Crippen LogP contribution in [0.3, 0.4) is 0 Å². The minimum atomic E-state index is -0.720. The fourth-order valence-electron chi connectivity index (χ4n) is 2.78. The monoisotopic (exact) mass is 381 g/mol. The first-order chi connectivity index (χ1) is 13.4. The molecule has 6 nitrogen and oxygen atoms in total. The van der Waals surface area contributed by atoms with Crippen LogP contribution in [0.25, 0.3) is 10.9 Å². The van der Waals surface area contributed by atoms with Gasteiger partial charge in [-0.2, -0.15) is 0 Å². The number of amides is 1. The van der Waals surface area contributed by atoms with Gasteiger partial charge in [0.2, 0.25) is 5.88 Å². The van der Waals surface area contributed by atoms with Crippen LogP contribution >= 0.6 is 0 Å². The van der Waals surface area contributed by atoms with E-state index in [0.29, 0.717) is 11.9 Å². The number of rotatable bonds is 5. The quantitative estimate of drug-likeness (QED) is 0.476. The Labute approximate surface area is 161 Å². The maximum Gasteiger partial charge on any atom is 0.295 e. The molecule has 1 N–H and O–H groups in total. The fourth-order valence-corrected chi connectivity index (χ4v) is 2.78. The van der Waals surface area contributed by atoms with Crippen molar-refractivity contribution in [3.63, 3.8) is 0 Å². The number of ether oxygens (including phenoxy) is 1. The molecule has 28 heavy (non-hydrogen) atoms. The highest BCUT2D eigenvalue weighted by molar-refractivity contribution is 5.97. The molecule has 0 fully saturated rings. The Bertz CT molecular complexity index is 1100. The summed E-state index contributed by atoms with van der Waals surface area (Å²) >= 11 is 0. The summed E-state index contributed by atoms with van der Waals surface area (Å²) in [5.41, 5.74) is 2.11. The summed E-state index contributed by atoms with van der Waals surface area (Å²) in [6.07, 6.45) is 1.97. The van der Waals surface area contributed by atoms with E-state index in [-0.39, 0.29) is 22.9 Å². The van der Waals surface area contributed by atoms with Gasteiger partial charge in [0.1, 0.15) is 0 Å². The van der Waals surface area contributed by atoms with Crippen LogP contribution in [-0.4, -0.2) is 22.7 Å². The number of aromatic hydroxyl groups is 1. The highest BCUT2D eigenvalue weighted by Crippen LogP contribution is 2.39. The lowest BCUT2D eigenvalue weighted by Crippen LogP contribution is -1.96. The largest absolute Gasteiger partial charge is 0.494 e. The Morgan fingerprint density at radius 1 is 1.25 bits per heavy atom. The normalized spacial score (nSPS) is 11.1. The van der Waals surface area contributed by atoms with Crippen LogP contribution in [0, 0.1) is 5.82 Å². The standard InChI is InChI=1S/C21H20FN3O3/c1-13(2)10-11-25-17-7-5-4-6-15(17)19(21(25)27)23-24-20(26)14-8-9-18(28-3)16(22)12-14/h4-10,12,27H,11H2,1-3H3. The summed E-state index contributed by atoms with van der Waals surface area (Å²) in [5.74, 6) is -1.43. The first kappa shape index (κ1) is 19.3. The molecule has 3 aromatic rings. The first-order valence-corrected chi connectivity index (χ1v) is 8.65. The third-order valence-corrected chi connectivity index (χ3v) is 4.24. The molecule has 0 aliphatic rings. The number of aromatic nitrogens is 1. The molecule has 0 radical (unpaired) electrons. The molecule has 1 amide bonds. The van der Waals surface area contributed by atoms with E-state index in [1.165, 1.54) is 19.2 Å². The maximum absolute atomic E-state index is 13.8. The molecular weight excluding hydrogens is 361 g/mol. The molecule has 0 atom stereocenters. The second-order valence-corrected chi connectivity index (χ2v) is 6.44. The Morgan fingerprint density at radius 3 is 2.68 bits per heavy atom. The number of benzene rings is 2. The molecule has 7 heteroatoms. The smallest absolute Gasteiger partial charge is 0.295 e. The van der Waals surface area contributed by atoms with Crippen molar-refractivity contribution >= 4 is 22.5 Å². The fraction of sp³-hybridized carbons (Fsp3) is 0.190. The van der Waals surface area contributed by atoms with E-state index in [9.17, 15) is 14.3 Å². The molecule has 0 saturated carbocycles. The SMILES string of the molecule is COc1ccc(C(=O)N=Nc2c(O)n(CC=C(C)C)c3ccccc23)cc1F. The summed E-state index contributed by atoms with van der Waals surface area (Å²) in [4.78, 5) is 12.3. The number of azo groups is 1. The van der Waals surface area contributed by atoms with Crippen LogP contribution in [0.15, 0.2) is 64.3 Å². The van der Waals surface area contributed by atoms with Crippen molar-refractivity contribution in [2.24, 2.45) is 10.2 Å². The van der Waals surface area contributed by atoms with Gasteiger partial charge in [0.15, 0.2) is 17.3 Å². The van der Waals surface area contributed by atoms with E-state index in [4.69, 9.17) is 4.74 Å². The van der Waals surface area contributed by atoms with Crippen molar-refractivity contribution in [1.82, 2.24) is 4.57 Å². The van der Waals surface area contributed by atoms with Gasteiger partial charge in [-0.1, -0.05) is 29.8 Å². The number of carbonyl (C=O) groups is 1. The van der Waals surface area contributed by atoms with Gasteiger partial charge in [-0.25, -0.2) is 4.39 Å². The summed E-state index contributed by atoms with van der Waals surface area (Å²) in [6, 6.07) is 11.1. The predicted molar refractivity (Wildman–Crippen MR) is 105 cm³/mol. The van der Waals surface area contributed by atoms with E-state index in [2.05, 4.69) is 10.2 Å². The Hall–Kier alpha value is -3.48. The number of methoxy groups -OCH3 is 1. The van der Waals surface area contributed by atoms with Gasteiger partial charge in [-0.3, -0.25) is 4.79 Å². The number of halogens is 1. The van der Waals surface area contributed by atoms with Crippen LogP contribution in [0.2, 0.25) is 0 Å². The number of carbonyl (C=O) groups excluding carboxylic acids is 1. The van der Waals surface area contributed by atoms with Crippen molar-refractivity contribution in [3.8, 4) is 11.6 Å². The van der Waals surface area contributed by atoms with Crippen molar-refractivity contribution in [2.45, 2.75) is 20.4 Å². The maximum atomic E-state index is 13.8. The summed E-state index contributed by atoms with van der Waals surface area (Å²) in [7, 11) is 1.34. The van der Waals surface area contributed by atoms with Gasteiger partial charge >= 0.3 is 0 Å². The lowest BCUT2D eigenvalue weighted by Gasteiger charge is -2.03. The van der Waals surface area contributed by atoms with E-state index < -0.39 is 11.7 Å². The minimum absolute atomic E-state index is 0.0356. The highest BCUT2D eigenvalue weighted by atomic mass is 19.1. The third-order valence-electron chi connectivity index (χ3n) is 4.24. The summed E-state index contributed by atoms with van der Waals surface area (Å²) in [5, 5.41) is 18.9. The molecule has 3 rings (SSSR count). The first-order valence-electron chi connectivity index (χ1n) is 8.65. The average Bonchev–Trinajstić information content (AvgIpc) is 2.95. The number of hydrogen-bond donors (Lipinski definition) is 1. The summed E-state index contributed by atoms with van der Waals surface area (Å²) < 4.78 is 20.3. The van der Waals surface area contributed by atoms with Crippen LogP contribution in [0.4, 0.5) is 10.1 Å². The van der Waals surface area contributed by atoms with E-state index >= 15 is 0 Å². The zero-order valence-electron chi connectivity index (χ0n) is 15.8. The topological polar surface area (TPSA) is 76.2 Å². The predicted octanol–water partition coefficient (Wildman–Crippen LogP) is 5.38. The molecule has 0 spiro atoms. The van der Waals surface area contributed by atoms with Gasteiger partial charge in [0.05, 0.1) is 12.6 Å². The molecule has 2 aromatic carbocycles. The Morgan fingerprint density at radius 2 is 2.00 bits per heavy atom. The van der Waals surface area contributed by atoms with Crippen molar-refractivity contribution < 1.29 is 19.0 Å². The lowest BCUT2D eigenvalue weighted by atomic mass is 10.2. The van der Waals surface area contributed by atoms with Gasteiger partial charge < -0.3 is 14.4 Å². The van der Waals surface area contributed by atoms with E-state index in [0.717, 1.165) is 17.2 Å². The van der Waals surface area contributed by atoms with Crippen LogP contribution in [-0.2, 0) is 6.54 Å². The summed E-state index contributed by atoms with van der Waals surface area (Å²) in [6.45, 7) is 4.40. The van der Waals surface area contributed by atoms with Gasteiger partial charge in [-0.15, -0.1) is 10.2 Å². The molecule has 0 unspecified atom stereocenters. The van der Waals surface area contributed by atoms with E-state index in [1.807, 2.05) is 38.1 Å². The number of para-hydroxylation sites is 1. The van der Waals surface area contributed by atoms with Crippen LogP contribution in [0.5, 0.6) is 11.6 Å². The number of fused-ring (bicyclic) bond motifs is 1. The average molecular weight is 381 g/mol. The van der Waals surface area contributed by atoms with Crippen molar-refractivity contribution in [1.29, 1.82) is 0 Å². The Kier molecular flexibility index (Phi) is 5.54. The Balaban J connectivity index is 1.97. The molecule has 0 saturated heterocycles. The highest BCUT2D eigenvalue weighted by Gasteiger charge is 2.16. The lowest BCUT2D eigenvalue weighted by molar-refractivity contribution is 0.0994. The molecule has 144 valence electrons.